The molecule has 1 aromatic carbocycles. The minimum atomic E-state index is -0.964. The lowest BCUT2D eigenvalue weighted by molar-refractivity contribution is -0.144. The summed E-state index contributed by atoms with van der Waals surface area (Å²) in [7, 11) is 1.85. The summed E-state index contributed by atoms with van der Waals surface area (Å²) >= 11 is 0. The zero-order chi connectivity index (χ0) is 26.6. The topological polar surface area (TPSA) is 83.9 Å². The number of pyridine rings is 1. The number of nitrogens with zero attached hydrogens (tertiary/aromatic N) is 2. The van der Waals surface area contributed by atoms with Crippen LogP contribution in [0.3, 0.4) is 0 Å². The van der Waals surface area contributed by atoms with Gasteiger partial charge in [0, 0.05) is 24.9 Å². The second kappa shape index (κ2) is 12.1. The van der Waals surface area contributed by atoms with Crippen LogP contribution in [0, 0.1) is 5.82 Å². The number of halogens is 1. The first-order valence-corrected chi connectivity index (χ1v) is 14.1. The molecule has 1 saturated carbocycles. The summed E-state index contributed by atoms with van der Waals surface area (Å²) in [5.41, 5.74) is 4.63. The fourth-order valence-corrected chi connectivity index (χ4v) is 6.40. The van der Waals surface area contributed by atoms with Gasteiger partial charge in [-0.25, -0.2) is 9.37 Å². The molecule has 0 amide bonds. The SMILES string of the molecule is C[C@H]1OCCc2cc(F)cc([C@@H](C(=O)O)N(C)[C@H]3CC[C@H](OCCCCc4ccc5c(n4)NCCC5)C3)c21. The van der Waals surface area contributed by atoms with Crippen molar-refractivity contribution in [2.45, 2.75) is 89.0 Å². The van der Waals surface area contributed by atoms with E-state index >= 15 is 0 Å². The number of carbonyl (C=O) groups is 1. The average Bonchev–Trinajstić information content (AvgIpc) is 3.37. The molecule has 1 fully saturated rings. The molecule has 2 aliphatic heterocycles. The van der Waals surface area contributed by atoms with Crippen molar-refractivity contribution in [3.05, 3.63) is 58.0 Å². The first-order valence-electron chi connectivity index (χ1n) is 14.1. The largest absolute Gasteiger partial charge is 0.480 e. The number of nitrogens with one attached hydrogen (secondary N) is 1. The number of aryl methyl sites for hydroxylation is 2. The number of carboxylic acids is 1. The normalized spacial score (nSPS) is 23.5. The summed E-state index contributed by atoms with van der Waals surface area (Å²) in [5.74, 6) is -0.304. The Balaban J connectivity index is 1.13. The van der Waals surface area contributed by atoms with Crippen LogP contribution < -0.4 is 5.32 Å². The van der Waals surface area contributed by atoms with Gasteiger partial charge in [0.2, 0.25) is 0 Å². The second-order valence-corrected chi connectivity index (χ2v) is 11.0. The molecule has 38 heavy (non-hydrogen) atoms. The molecule has 0 saturated heterocycles. The first-order chi connectivity index (χ1) is 18.4. The number of aliphatic carboxylic acids is 1. The van der Waals surface area contributed by atoms with Gasteiger partial charge in [0.05, 0.1) is 18.8 Å². The van der Waals surface area contributed by atoms with Crippen molar-refractivity contribution in [1.82, 2.24) is 9.88 Å². The number of benzene rings is 1. The van der Waals surface area contributed by atoms with Crippen molar-refractivity contribution in [3.63, 3.8) is 0 Å². The van der Waals surface area contributed by atoms with E-state index in [-0.39, 0.29) is 24.1 Å². The van der Waals surface area contributed by atoms with Crippen molar-refractivity contribution in [3.8, 4) is 0 Å². The lowest BCUT2D eigenvalue weighted by Crippen LogP contribution is -2.39. The molecule has 0 spiro atoms. The maximum absolute atomic E-state index is 14.5. The molecule has 4 atom stereocenters. The number of unbranched alkanes of at least 4 members (excludes halogenated alkanes) is 1. The van der Waals surface area contributed by atoms with Crippen LogP contribution in [-0.2, 0) is 33.5 Å². The minimum absolute atomic E-state index is 0.0621. The maximum Gasteiger partial charge on any atom is 0.325 e. The van der Waals surface area contributed by atoms with Gasteiger partial charge in [-0.2, -0.15) is 0 Å². The number of hydrogen-bond acceptors (Lipinski definition) is 6. The van der Waals surface area contributed by atoms with E-state index in [2.05, 4.69) is 17.4 Å². The van der Waals surface area contributed by atoms with Gasteiger partial charge in [-0.15, -0.1) is 0 Å². The highest BCUT2D eigenvalue weighted by atomic mass is 19.1. The molecule has 3 aliphatic rings. The summed E-state index contributed by atoms with van der Waals surface area (Å²) in [5, 5.41) is 13.6. The monoisotopic (exact) mass is 525 g/mol. The minimum Gasteiger partial charge on any atom is -0.480 e. The van der Waals surface area contributed by atoms with E-state index in [0.29, 0.717) is 25.2 Å². The smallest absolute Gasteiger partial charge is 0.325 e. The predicted octanol–water partition coefficient (Wildman–Crippen LogP) is 5.23. The summed E-state index contributed by atoms with van der Waals surface area (Å²) in [4.78, 5) is 19.2. The molecule has 3 heterocycles. The summed E-state index contributed by atoms with van der Waals surface area (Å²) < 4.78 is 26.5. The van der Waals surface area contributed by atoms with Crippen LogP contribution >= 0.6 is 0 Å². The standard InChI is InChI=1S/C30H40FN3O4/c1-19-27-21(12-15-37-19)16-22(31)17-26(27)28(30(35)36)34(2)24-10-11-25(18-24)38-14-4-3-7-23-9-8-20-6-5-13-32-29(20)33-23/h8-9,16-17,19,24-25,28H,3-7,10-15,18H2,1-2H3,(H,32,33)(H,35,36)/t19-,24+,25+,28+/m1/s1. The summed E-state index contributed by atoms with van der Waals surface area (Å²) in [6.45, 7) is 4.13. The molecule has 0 radical (unpaired) electrons. The van der Waals surface area contributed by atoms with Crippen LogP contribution in [0.25, 0.3) is 0 Å². The van der Waals surface area contributed by atoms with Crippen LogP contribution in [0.4, 0.5) is 10.2 Å². The van der Waals surface area contributed by atoms with Gasteiger partial charge in [-0.05, 0) is 112 Å². The molecular weight excluding hydrogens is 485 g/mol. The lowest BCUT2D eigenvalue weighted by Gasteiger charge is -2.34. The van der Waals surface area contributed by atoms with E-state index in [1.165, 1.54) is 24.1 Å². The average molecular weight is 526 g/mol. The molecule has 5 rings (SSSR count). The first kappa shape index (κ1) is 27.0. The fourth-order valence-electron chi connectivity index (χ4n) is 6.40. The van der Waals surface area contributed by atoms with Crippen molar-refractivity contribution in [2.24, 2.45) is 0 Å². The van der Waals surface area contributed by atoms with Gasteiger partial charge >= 0.3 is 5.97 Å². The van der Waals surface area contributed by atoms with Crippen LogP contribution in [0.5, 0.6) is 0 Å². The van der Waals surface area contributed by atoms with Crippen LogP contribution in [0.2, 0.25) is 0 Å². The highest BCUT2D eigenvalue weighted by Crippen LogP contribution is 2.38. The van der Waals surface area contributed by atoms with Gasteiger partial charge in [0.15, 0.2) is 0 Å². The lowest BCUT2D eigenvalue weighted by atomic mass is 9.88. The van der Waals surface area contributed by atoms with E-state index < -0.39 is 12.0 Å². The molecule has 2 aromatic rings. The van der Waals surface area contributed by atoms with E-state index in [1.54, 1.807) is 0 Å². The Morgan fingerprint density at radius 3 is 2.97 bits per heavy atom. The number of rotatable bonds is 10. The molecule has 7 nitrogen and oxygen atoms in total. The van der Waals surface area contributed by atoms with Crippen molar-refractivity contribution < 1.29 is 23.8 Å². The number of carboxylic acid groups (broad SMARTS) is 1. The van der Waals surface area contributed by atoms with Gasteiger partial charge in [0.25, 0.3) is 0 Å². The maximum atomic E-state index is 14.5. The van der Waals surface area contributed by atoms with Crippen molar-refractivity contribution in [1.29, 1.82) is 0 Å². The highest BCUT2D eigenvalue weighted by molar-refractivity contribution is 5.76. The molecule has 2 N–H and O–H groups in total. The van der Waals surface area contributed by atoms with Gasteiger partial charge in [0.1, 0.15) is 17.7 Å². The molecule has 1 aliphatic carbocycles. The molecule has 0 unspecified atom stereocenters. The van der Waals surface area contributed by atoms with Crippen LogP contribution in [0.1, 0.15) is 85.5 Å². The van der Waals surface area contributed by atoms with Crippen LogP contribution in [-0.4, -0.2) is 59.9 Å². The highest BCUT2D eigenvalue weighted by Gasteiger charge is 2.38. The van der Waals surface area contributed by atoms with Gasteiger partial charge in [-0.1, -0.05) is 6.07 Å². The predicted molar refractivity (Wildman–Crippen MR) is 144 cm³/mol. The van der Waals surface area contributed by atoms with Gasteiger partial charge < -0.3 is 19.9 Å². The van der Waals surface area contributed by atoms with E-state index in [0.717, 1.165) is 74.1 Å². The Bertz CT molecular complexity index is 1140. The summed E-state index contributed by atoms with van der Waals surface area (Å²) in [6.07, 6.45) is 8.20. The number of hydrogen-bond donors (Lipinski definition) is 2. The molecule has 0 bridgehead atoms. The second-order valence-electron chi connectivity index (χ2n) is 11.0. The van der Waals surface area contributed by atoms with Crippen LogP contribution in [0.15, 0.2) is 24.3 Å². The van der Waals surface area contributed by atoms with E-state index in [1.807, 2.05) is 18.9 Å². The zero-order valence-corrected chi connectivity index (χ0v) is 22.5. The number of aromatic nitrogens is 1. The Hall–Kier alpha value is -2.55. The molecular formula is C30H40FN3O4. The molecule has 206 valence electrons. The Morgan fingerprint density at radius 2 is 2.13 bits per heavy atom. The Kier molecular flexibility index (Phi) is 8.61. The fraction of sp³-hybridized carbons (Fsp3) is 0.600. The third kappa shape index (κ3) is 6.03. The quantitative estimate of drug-likeness (QED) is 0.411. The molecule has 8 heteroatoms. The Morgan fingerprint density at radius 1 is 1.26 bits per heavy atom. The summed E-state index contributed by atoms with van der Waals surface area (Å²) in [6, 6.07) is 6.39. The van der Waals surface area contributed by atoms with E-state index in [9.17, 15) is 14.3 Å². The van der Waals surface area contributed by atoms with Crippen molar-refractivity contribution >= 4 is 11.8 Å². The third-order valence-electron chi connectivity index (χ3n) is 8.41. The van der Waals surface area contributed by atoms with Gasteiger partial charge in [-0.3, -0.25) is 9.69 Å². The number of fused-ring (bicyclic) bond motifs is 2. The number of anilines is 1. The number of ether oxygens (including phenoxy) is 2. The number of likely N-dealkylation sites (N-methyl/N-ethyl adjacent to an activating group) is 1. The zero-order valence-electron chi connectivity index (χ0n) is 22.5. The Labute approximate surface area is 224 Å². The third-order valence-corrected chi connectivity index (χ3v) is 8.41. The van der Waals surface area contributed by atoms with E-state index in [4.69, 9.17) is 14.5 Å². The van der Waals surface area contributed by atoms with Crippen molar-refractivity contribution in [2.75, 3.05) is 32.1 Å². The molecule has 1 aromatic heterocycles.